The van der Waals surface area contributed by atoms with E-state index >= 15 is 0 Å². The van der Waals surface area contributed by atoms with Gasteiger partial charge in [-0.3, -0.25) is 0 Å². The number of methoxy groups -OCH3 is 2. The molecule has 0 saturated heterocycles. The van der Waals surface area contributed by atoms with Gasteiger partial charge in [-0.15, -0.1) is 0 Å². The molecule has 0 aliphatic rings. The van der Waals surface area contributed by atoms with Gasteiger partial charge < -0.3 is 9.47 Å². The molecular weight excluding hydrogens is 464 g/mol. The molecule has 2 aromatic rings. The van der Waals surface area contributed by atoms with Crippen molar-refractivity contribution >= 4 is 47.8 Å². The van der Waals surface area contributed by atoms with E-state index < -0.39 is 0 Å². The summed E-state index contributed by atoms with van der Waals surface area (Å²) >= 11 is 11.0. The highest BCUT2D eigenvalue weighted by atomic mass is 79.9. The molecule has 0 aliphatic heterocycles. The third-order valence-electron chi connectivity index (χ3n) is 3.22. The van der Waals surface area contributed by atoms with Crippen molar-refractivity contribution in [3.05, 3.63) is 56.0 Å². The van der Waals surface area contributed by atoms with E-state index in [-0.39, 0.29) is 4.83 Å². The van der Waals surface area contributed by atoms with Gasteiger partial charge in [-0.1, -0.05) is 47.8 Å². The highest BCUT2D eigenvalue weighted by Crippen LogP contribution is 2.40. The van der Waals surface area contributed by atoms with Gasteiger partial charge in [0.2, 0.25) is 0 Å². The van der Waals surface area contributed by atoms with Crippen LogP contribution < -0.4 is 9.47 Å². The van der Waals surface area contributed by atoms with Crippen molar-refractivity contribution in [1.82, 2.24) is 0 Å². The molecule has 2 nitrogen and oxygen atoms in total. The Morgan fingerprint density at radius 2 is 1.43 bits per heavy atom. The van der Waals surface area contributed by atoms with Crippen molar-refractivity contribution in [2.24, 2.45) is 0 Å². The Balaban J connectivity index is 2.49. The molecule has 1 unspecified atom stereocenters. The van der Waals surface area contributed by atoms with E-state index in [1.165, 1.54) is 5.56 Å². The van der Waals surface area contributed by atoms with E-state index in [0.717, 1.165) is 31.6 Å². The van der Waals surface area contributed by atoms with E-state index in [4.69, 9.17) is 9.47 Å². The summed E-state index contributed by atoms with van der Waals surface area (Å²) in [5, 5.41) is 0. The van der Waals surface area contributed by atoms with Gasteiger partial charge >= 0.3 is 0 Å². The number of alkyl halides is 1. The van der Waals surface area contributed by atoms with Crippen LogP contribution in [0.25, 0.3) is 0 Å². The molecule has 2 aromatic carbocycles. The summed E-state index contributed by atoms with van der Waals surface area (Å²) in [7, 11) is 3.31. The lowest BCUT2D eigenvalue weighted by Crippen LogP contribution is -1.97. The summed E-state index contributed by atoms with van der Waals surface area (Å²) in [6.07, 6.45) is 0. The molecule has 5 heteroatoms. The molecule has 0 bridgehead atoms. The van der Waals surface area contributed by atoms with Gasteiger partial charge in [-0.25, -0.2) is 0 Å². The Labute approximate surface area is 150 Å². The Hall–Kier alpha value is -0.520. The van der Waals surface area contributed by atoms with Gasteiger partial charge in [0.1, 0.15) is 11.5 Å². The largest absolute Gasteiger partial charge is 0.497 e. The van der Waals surface area contributed by atoms with Crippen LogP contribution in [0.15, 0.2) is 39.3 Å². The summed E-state index contributed by atoms with van der Waals surface area (Å²) in [4.78, 5) is 0.0350. The van der Waals surface area contributed by atoms with Gasteiger partial charge in [0, 0.05) is 15.0 Å². The second kappa shape index (κ2) is 7.16. The van der Waals surface area contributed by atoms with E-state index in [1.807, 2.05) is 18.2 Å². The fraction of sp³-hybridized carbons (Fsp3) is 0.250. The average Bonchev–Trinajstić information content (AvgIpc) is 2.49. The summed E-state index contributed by atoms with van der Waals surface area (Å²) in [5.74, 6) is 1.55. The minimum Gasteiger partial charge on any atom is -0.497 e. The second-order valence-corrected chi connectivity index (χ2v) is 7.26. The molecule has 0 heterocycles. The van der Waals surface area contributed by atoms with Crippen LogP contribution in [-0.2, 0) is 0 Å². The van der Waals surface area contributed by atoms with E-state index in [0.29, 0.717) is 0 Å². The van der Waals surface area contributed by atoms with E-state index in [1.54, 1.807) is 14.2 Å². The van der Waals surface area contributed by atoms with Crippen molar-refractivity contribution in [1.29, 1.82) is 0 Å². The molecule has 2 rings (SSSR count). The predicted molar refractivity (Wildman–Crippen MR) is 96.9 cm³/mol. The van der Waals surface area contributed by atoms with Crippen molar-refractivity contribution in [3.8, 4) is 11.5 Å². The molecule has 0 fully saturated rings. The first-order valence-corrected chi connectivity index (χ1v) is 8.79. The number of hydrogen-bond acceptors (Lipinski definition) is 2. The first kappa shape index (κ1) is 16.8. The summed E-state index contributed by atoms with van der Waals surface area (Å²) in [6.45, 7) is 2.07. The standard InChI is InChI=1S/C16H15Br3O2/c1-9-4-15(18)13(8-14(9)17)16(19)10-5-11(20-2)7-12(6-10)21-3/h4-8,16H,1-3H3. The Morgan fingerprint density at radius 3 is 1.95 bits per heavy atom. The van der Waals surface area contributed by atoms with Crippen LogP contribution in [0.2, 0.25) is 0 Å². The highest BCUT2D eigenvalue weighted by molar-refractivity contribution is 9.11. The normalized spacial score (nSPS) is 12.1. The molecule has 0 amide bonds. The number of halogens is 3. The summed E-state index contributed by atoms with van der Waals surface area (Å²) in [6, 6.07) is 10.1. The molecule has 0 saturated carbocycles. The minimum absolute atomic E-state index is 0.0350. The fourth-order valence-corrected chi connectivity index (χ4v) is 4.01. The van der Waals surface area contributed by atoms with Crippen LogP contribution >= 0.6 is 47.8 Å². The van der Waals surface area contributed by atoms with Crippen molar-refractivity contribution in [2.75, 3.05) is 14.2 Å². The van der Waals surface area contributed by atoms with Crippen molar-refractivity contribution in [3.63, 3.8) is 0 Å². The lowest BCUT2D eigenvalue weighted by molar-refractivity contribution is 0.393. The topological polar surface area (TPSA) is 18.5 Å². The third kappa shape index (κ3) is 3.82. The Bertz CT molecular complexity index is 634. The maximum Gasteiger partial charge on any atom is 0.122 e. The first-order chi connectivity index (χ1) is 9.96. The highest BCUT2D eigenvalue weighted by Gasteiger charge is 2.17. The van der Waals surface area contributed by atoms with Crippen molar-refractivity contribution in [2.45, 2.75) is 11.8 Å². The van der Waals surface area contributed by atoms with E-state index in [9.17, 15) is 0 Å². The molecular formula is C16H15Br3O2. The van der Waals surface area contributed by atoms with Gasteiger partial charge in [-0.05, 0) is 47.9 Å². The van der Waals surface area contributed by atoms with Crippen LogP contribution in [0.3, 0.4) is 0 Å². The minimum atomic E-state index is 0.0350. The second-order valence-electron chi connectivity index (χ2n) is 4.63. The monoisotopic (exact) mass is 476 g/mol. The number of benzene rings is 2. The number of aryl methyl sites for hydroxylation is 1. The Kier molecular flexibility index (Phi) is 5.74. The molecule has 0 spiro atoms. The van der Waals surface area contributed by atoms with Gasteiger partial charge in [0.15, 0.2) is 0 Å². The predicted octanol–water partition coefficient (Wildman–Crippen LogP) is 6.02. The quantitative estimate of drug-likeness (QED) is 0.500. The number of rotatable bonds is 4. The zero-order chi connectivity index (χ0) is 15.6. The molecule has 0 N–H and O–H groups in total. The van der Waals surface area contributed by atoms with Gasteiger partial charge in [0.05, 0.1) is 19.0 Å². The zero-order valence-corrected chi connectivity index (χ0v) is 16.7. The first-order valence-electron chi connectivity index (χ1n) is 6.29. The van der Waals surface area contributed by atoms with Gasteiger partial charge in [-0.2, -0.15) is 0 Å². The van der Waals surface area contributed by atoms with Crippen molar-refractivity contribution < 1.29 is 9.47 Å². The number of ether oxygens (including phenoxy) is 2. The lowest BCUT2D eigenvalue weighted by atomic mass is 10.0. The summed E-state index contributed by atoms with van der Waals surface area (Å²) < 4.78 is 12.8. The van der Waals surface area contributed by atoms with Crippen LogP contribution in [0, 0.1) is 6.92 Å². The van der Waals surface area contributed by atoms with Gasteiger partial charge in [0.25, 0.3) is 0 Å². The fourth-order valence-electron chi connectivity index (χ4n) is 2.01. The molecule has 0 radical (unpaired) electrons. The maximum atomic E-state index is 5.33. The molecule has 0 aromatic heterocycles. The average molecular weight is 479 g/mol. The summed E-state index contributed by atoms with van der Waals surface area (Å²) in [5.41, 5.74) is 3.40. The third-order valence-corrected chi connectivity index (χ3v) is 5.78. The lowest BCUT2D eigenvalue weighted by Gasteiger charge is -2.16. The van der Waals surface area contributed by atoms with Crippen LogP contribution in [0.5, 0.6) is 11.5 Å². The molecule has 21 heavy (non-hydrogen) atoms. The maximum absolute atomic E-state index is 5.33. The molecule has 1 atom stereocenters. The molecule has 0 aliphatic carbocycles. The van der Waals surface area contributed by atoms with E-state index in [2.05, 4.69) is 66.8 Å². The number of hydrogen-bond donors (Lipinski definition) is 0. The van der Waals surface area contributed by atoms with Crippen LogP contribution in [0.1, 0.15) is 21.5 Å². The zero-order valence-electron chi connectivity index (χ0n) is 11.9. The Morgan fingerprint density at radius 1 is 0.857 bits per heavy atom. The SMILES string of the molecule is COc1cc(OC)cc(C(Br)c2cc(Br)c(C)cc2Br)c1. The molecule has 112 valence electrons. The smallest absolute Gasteiger partial charge is 0.122 e. The van der Waals surface area contributed by atoms with Crippen LogP contribution in [-0.4, -0.2) is 14.2 Å². The van der Waals surface area contributed by atoms with Crippen LogP contribution in [0.4, 0.5) is 0 Å².